The van der Waals surface area contributed by atoms with Gasteiger partial charge >= 0.3 is 6.03 Å². The van der Waals surface area contributed by atoms with E-state index in [9.17, 15) is 9.59 Å². The Kier molecular flexibility index (Phi) is 3.01. The maximum Gasteiger partial charge on any atom is 0.329 e. The highest BCUT2D eigenvalue weighted by atomic mass is 16.2. The molecule has 5 rings (SSSR count). The molecule has 3 aliphatic rings. The SMILES string of the molecule is Cn1nc(N2CCC(=O)NC2=O)c2ccc(C3CC4(CNC4)C3)cc21. The van der Waals surface area contributed by atoms with Gasteiger partial charge in [0.05, 0.1) is 5.52 Å². The Balaban J connectivity index is 1.46. The van der Waals surface area contributed by atoms with Crippen molar-refractivity contribution in [2.45, 2.75) is 25.2 Å². The predicted molar refractivity (Wildman–Crippen MR) is 93.5 cm³/mol. The fourth-order valence-corrected chi connectivity index (χ4v) is 4.46. The number of nitrogens with zero attached hydrogens (tertiary/aromatic N) is 3. The van der Waals surface area contributed by atoms with Crippen LogP contribution in [0.25, 0.3) is 10.9 Å². The van der Waals surface area contributed by atoms with E-state index in [1.807, 2.05) is 11.7 Å². The van der Waals surface area contributed by atoms with Crippen LogP contribution in [0, 0.1) is 5.41 Å². The first-order valence-electron chi connectivity index (χ1n) is 8.83. The van der Waals surface area contributed by atoms with Crippen molar-refractivity contribution in [1.29, 1.82) is 0 Å². The molecule has 7 heteroatoms. The summed E-state index contributed by atoms with van der Waals surface area (Å²) in [5.74, 6) is 1.02. The molecule has 2 aromatic rings. The van der Waals surface area contributed by atoms with Gasteiger partial charge in [-0.2, -0.15) is 5.10 Å². The lowest BCUT2D eigenvalue weighted by Crippen LogP contribution is -2.59. The molecular weight excluding hydrogens is 318 g/mol. The van der Waals surface area contributed by atoms with Crippen LogP contribution in [0.15, 0.2) is 18.2 Å². The van der Waals surface area contributed by atoms with E-state index >= 15 is 0 Å². The summed E-state index contributed by atoms with van der Waals surface area (Å²) < 4.78 is 1.83. The maximum atomic E-state index is 12.1. The molecule has 3 amide bonds. The van der Waals surface area contributed by atoms with Gasteiger partial charge in [0.15, 0.2) is 5.82 Å². The van der Waals surface area contributed by atoms with Crippen LogP contribution in [0.3, 0.4) is 0 Å². The highest BCUT2D eigenvalue weighted by molar-refractivity contribution is 6.08. The van der Waals surface area contributed by atoms with Crippen molar-refractivity contribution in [3.8, 4) is 0 Å². The van der Waals surface area contributed by atoms with E-state index in [-0.39, 0.29) is 5.91 Å². The molecule has 1 aromatic carbocycles. The lowest BCUT2D eigenvalue weighted by atomic mass is 9.57. The van der Waals surface area contributed by atoms with Gasteiger partial charge in [-0.25, -0.2) is 4.79 Å². The van der Waals surface area contributed by atoms with Crippen molar-refractivity contribution >= 4 is 28.7 Å². The molecule has 3 fully saturated rings. The Morgan fingerprint density at radius 3 is 2.72 bits per heavy atom. The van der Waals surface area contributed by atoms with Crippen molar-refractivity contribution in [3.63, 3.8) is 0 Å². The lowest BCUT2D eigenvalue weighted by molar-refractivity contribution is -0.120. The van der Waals surface area contributed by atoms with E-state index in [0.717, 1.165) is 24.0 Å². The second kappa shape index (κ2) is 5.05. The van der Waals surface area contributed by atoms with E-state index in [2.05, 4.69) is 33.9 Å². The molecule has 1 spiro atoms. The fraction of sp³-hybridized carbons (Fsp3) is 0.500. The van der Waals surface area contributed by atoms with Gasteiger partial charge in [-0.3, -0.25) is 19.7 Å². The number of imide groups is 1. The third kappa shape index (κ3) is 2.18. The number of fused-ring (bicyclic) bond motifs is 1. The molecule has 1 aliphatic carbocycles. The number of nitrogens with one attached hydrogen (secondary N) is 2. The largest absolute Gasteiger partial charge is 0.329 e. The summed E-state index contributed by atoms with van der Waals surface area (Å²) in [5, 5.41) is 11.2. The van der Waals surface area contributed by atoms with E-state index < -0.39 is 6.03 Å². The van der Waals surface area contributed by atoms with Crippen LogP contribution in [0.2, 0.25) is 0 Å². The summed E-state index contributed by atoms with van der Waals surface area (Å²) in [6, 6.07) is 6.06. The van der Waals surface area contributed by atoms with Crippen molar-refractivity contribution < 1.29 is 9.59 Å². The molecule has 2 aliphatic heterocycles. The molecule has 7 nitrogen and oxygen atoms in total. The Morgan fingerprint density at radius 1 is 1.24 bits per heavy atom. The number of rotatable bonds is 2. The standard InChI is InChI=1S/C18H21N5O2/c1-22-14-6-11(12-7-18(8-12)9-19-10-18)2-3-13(14)16(21-22)23-5-4-15(24)20-17(23)25/h2-3,6,12,19H,4-5,7-10H2,1H3,(H,20,24,25). The minimum Gasteiger partial charge on any atom is -0.316 e. The van der Waals surface area contributed by atoms with Gasteiger partial charge in [0.1, 0.15) is 0 Å². The first-order valence-corrected chi connectivity index (χ1v) is 8.83. The zero-order valence-electron chi connectivity index (χ0n) is 14.2. The van der Waals surface area contributed by atoms with Crippen molar-refractivity contribution in [1.82, 2.24) is 20.4 Å². The number of carbonyl (C=O) groups excluding carboxylic acids is 2. The van der Waals surface area contributed by atoms with Gasteiger partial charge in [-0.05, 0) is 41.9 Å². The third-order valence-corrected chi connectivity index (χ3v) is 6.00. The number of hydrogen-bond donors (Lipinski definition) is 2. The molecule has 1 saturated carbocycles. The molecular formula is C18H21N5O2. The number of urea groups is 1. The molecule has 25 heavy (non-hydrogen) atoms. The van der Waals surface area contributed by atoms with Crippen LogP contribution in [-0.2, 0) is 11.8 Å². The second-order valence-corrected chi connectivity index (χ2v) is 7.69. The van der Waals surface area contributed by atoms with Gasteiger partial charge in [-0.1, -0.05) is 6.07 Å². The lowest BCUT2D eigenvalue weighted by Gasteiger charge is -2.54. The molecule has 2 N–H and O–H groups in total. The average molecular weight is 339 g/mol. The first-order chi connectivity index (χ1) is 12.0. The number of amides is 3. The molecule has 0 radical (unpaired) electrons. The van der Waals surface area contributed by atoms with E-state index in [4.69, 9.17) is 0 Å². The number of hydrogen-bond acceptors (Lipinski definition) is 4. The van der Waals surface area contributed by atoms with Gasteiger partial charge in [0.2, 0.25) is 5.91 Å². The van der Waals surface area contributed by atoms with Gasteiger partial charge in [0.25, 0.3) is 0 Å². The average Bonchev–Trinajstić information content (AvgIpc) is 2.81. The summed E-state index contributed by atoms with van der Waals surface area (Å²) in [7, 11) is 1.90. The van der Waals surface area contributed by atoms with Crippen molar-refractivity contribution in [2.75, 3.05) is 24.5 Å². The Labute approximate surface area is 145 Å². The number of aromatic nitrogens is 2. The van der Waals surface area contributed by atoms with Crippen LogP contribution in [0.1, 0.15) is 30.7 Å². The van der Waals surface area contributed by atoms with E-state index in [1.165, 1.54) is 18.4 Å². The Morgan fingerprint density at radius 2 is 2.04 bits per heavy atom. The van der Waals surface area contributed by atoms with Crippen molar-refractivity contribution in [3.05, 3.63) is 23.8 Å². The van der Waals surface area contributed by atoms with Gasteiger partial charge in [-0.15, -0.1) is 0 Å². The number of carbonyl (C=O) groups is 2. The van der Waals surface area contributed by atoms with Crippen LogP contribution < -0.4 is 15.5 Å². The first kappa shape index (κ1) is 14.9. The predicted octanol–water partition coefficient (Wildman–Crippen LogP) is 1.49. The molecule has 0 atom stereocenters. The summed E-state index contributed by atoms with van der Waals surface area (Å²) in [6.45, 7) is 2.69. The summed E-state index contributed by atoms with van der Waals surface area (Å²) in [5.41, 5.74) is 2.94. The highest BCUT2D eigenvalue weighted by Gasteiger charge is 2.48. The van der Waals surface area contributed by atoms with Crippen LogP contribution >= 0.6 is 0 Å². The second-order valence-electron chi connectivity index (χ2n) is 7.69. The zero-order valence-corrected chi connectivity index (χ0v) is 14.2. The number of benzene rings is 1. The van der Waals surface area contributed by atoms with E-state index in [1.54, 1.807) is 4.90 Å². The molecule has 3 heterocycles. The fourth-order valence-electron chi connectivity index (χ4n) is 4.46. The summed E-state index contributed by atoms with van der Waals surface area (Å²) in [4.78, 5) is 25.1. The highest BCUT2D eigenvalue weighted by Crippen LogP contribution is 2.53. The Bertz CT molecular complexity index is 890. The third-order valence-electron chi connectivity index (χ3n) is 6.00. The monoisotopic (exact) mass is 339 g/mol. The topological polar surface area (TPSA) is 79.3 Å². The summed E-state index contributed by atoms with van der Waals surface area (Å²) in [6.07, 6.45) is 2.82. The van der Waals surface area contributed by atoms with E-state index in [0.29, 0.717) is 30.1 Å². The van der Waals surface area contributed by atoms with Crippen LogP contribution in [0.5, 0.6) is 0 Å². The van der Waals surface area contributed by atoms with Gasteiger partial charge in [0, 0.05) is 38.5 Å². The Hall–Kier alpha value is -2.41. The molecule has 2 saturated heterocycles. The van der Waals surface area contributed by atoms with Crippen molar-refractivity contribution in [2.24, 2.45) is 12.5 Å². The smallest absolute Gasteiger partial charge is 0.316 e. The summed E-state index contributed by atoms with van der Waals surface area (Å²) >= 11 is 0. The molecule has 0 bridgehead atoms. The minimum atomic E-state index is -0.390. The van der Waals surface area contributed by atoms with Crippen LogP contribution in [-0.4, -0.2) is 41.4 Å². The quantitative estimate of drug-likeness (QED) is 0.869. The molecule has 1 aromatic heterocycles. The van der Waals surface area contributed by atoms with Gasteiger partial charge < -0.3 is 5.32 Å². The molecule has 0 unspecified atom stereocenters. The maximum absolute atomic E-state index is 12.1. The normalized spacial score (nSPS) is 22.8. The number of anilines is 1. The van der Waals surface area contributed by atoms with Crippen LogP contribution in [0.4, 0.5) is 10.6 Å². The zero-order chi connectivity index (χ0) is 17.2. The number of aryl methyl sites for hydroxylation is 1. The minimum absolute atomic E-state index is 0.229. The molecule has 130 valence electrons.